The third-order valence-corrected chi connectivity index (χ3v) is 5.63. The minimum Gasteiger partial charge on any atom is -0.229 e. The summed E-state index contributed by atoms with van der Waals surface area (Å²) in [7, 11) is -6.81. The van der Waals surface area contributed by atoms with Gasteiger partial charge in [0, 0.05) is 17.3 Å². The van der Waals surface area contributed by atoms with Crippen LogP contribution >= 0.6 is 27.5 Å². The van der Waals surface area contributed by atoms with Crippen molar-refractivity contribution in [3.63, 3.8) is 0 Å². The molecule has 0 aromatic heterocycles. The van der Waals surface area contributed by atoms with Crippen molar-refractivity contribution in [1.82, 2.24) is 4.72 Å². The highest BCUT2D eigenvalue weighted by Crippen LogP contribution is 2.24. The van der Waals surface area contributed by atoms with Crippen LogP contribution in [0.1, 0.15) is 6.42 Å². The van der Waals surface area contributed by atoms with Crippen LogP contribution in [0.15, 0.2) is 27.6 Å². The lowest BCUT2D eigenvalue weighted by Crippen LogP contribution is -2.26. The Morgan fingerprint density at radius 2 is 1.89 bits per heavy atom. The lowest BCUT2D eigenvalue weighted by Gasteiger charge is -2.08. The Bertz CT molecular complexity index is 658. The smallest absolute Gasteiger partial charge is 0.229 e. The fourth-order valence-electron chi connectivity index (χ4n) is 1.31. The van der Waals surface area contributed by atoms with Gasteiger partial charge in [0.2, 0.25) is 10.0 Å². The normalized spacial score (nSPS) is 12.6. The van der Waals surface area contributed by atoms with E-state index in [-0.39, 0.29) is 28.6 Å². The highest BCUT2D eigenvalue weighted by atomic mass is 79.9. The standard InChI is InChI=1S/C10H13BrClNO4S2/c1-18(14,15)6-2-5-13-19(16,17)10-4-3-8(11)7-9(10)12/h3-4,7,13H,2,5-6H2,1H3. The third-order valence-electron chi connectivity index (χ3n) is 2.17. The minimum atomic E-state index is -3.72. The fourth-order valence-corrected chi connectivity index (χ4v) is 4.09. The van der Waals surface area contributed by atoms with Gasteiger partial charge in [-0.3, -0.25) is 0 Å². The SMILES string of the molecule is CS(=O)(=O)CCCNS(=O)(=O)c1ccc(Br)cc1Cl. The summed E-state index contributed by atoms with van der Waals surface area (Å²) < 4.78 is 48.7. The maximum absolute atomic E-state index is 11.9. The summed E-state index contributed by atoms with van der Waals surface area (Å²) in [5.74, 6) is -0.0659. The maximum Gasteiger partial charge on any atom is 0.242 e. The van der Waals surface area contributed by atoms with Crippen molar-refractivity contribution in [3.8, 4) is 0 Å². The zero-order chi connectivity index (χ0) is 14.7. The number of nitrogens with one attached hydrogen (secondary N) is 1. The van der Waals surface area contributed by atoms with Crippen LogP contribution < -0.4 is 4.72 Å². The molecule has 1 N–H and O–H groups in total. The molecule has 0 amide bonds. The van der Waals surface area contributed by atoms with E-state index in [1.165, 1.54) is 12.1 Å². The number of hydrogen-bond acceptors (Lipinski definition) is 4. The highest BCUT2D eigenvalue weighted by Gasteiger charge is 2.17. The molecule has 1 rings (SSSR count). The van der Waals surface area contributed by atoms with Crippen molar-refractivity contribution < 1.29 is 16.8 Å². The number of sulfone groups is 1. The van der Waals surface area contributed by atoms with E-state index < -0.39 is 19.9 Å². The van der Waals surface area contributed by atoms with Crippen LogP contribution in [0.25, 0.3) is 0 Å². The summed E-state index contributed by atoms with van der Waals surface area (Å²) in [5, 5.41) is 0.102. The van der Waals surface area contributed by atoms with E-state index in [9.17, 15) is 16.8 Å². The second-order valence-electron chi connectivity index (χ2n) is 3.96. The van der Waals surface area contributed by atoms with Gasteiger partial charge in [0.15, 0.2) is 0 Å². The monoisotopic (exact) mass is 389 g/mol. The fraction of sp³-hybridized carbons (Fsp3) is 0.400. The van der Waals surface area contributed by atoms with Crippen molar-refractivity contribution in [1.29, 1.82) is 0 Å². The molecule has 0 saturated carbocycles. The van der Waals surface area contributed by atoms with Crippen molar-refractivity contribution in [2.75, 3.05) is 18.6 Å². The molecular formula is C10H13BrClNO4S2. The van der Waals surface area contributed by atoms with Crippen molar-refractivity contribution in [3.05, 3.63) is 27.7 Å². The van der Waals surface area contributed by atoms with Crippen LogP contribution in [0.5, 0.6) is 0 Å². The molecule has 108 valence electrons. The summed E-state index contributed by atoms with van der Waals surface area (Å²) >= 11 is 9.04. The van der Waals surface area contributed by atoms with Gasteiger partial charge >= 0.3 is 0 Å². The summed E-state index contributed by atoms with van der Waals surface area (Å²) in [5.41, 5.74) is 0. The van der Waals surface area contributed by atoms with Crippen molar-refractivity contribution in [2.24, 2.45) is 0 Å². The predicted molar refractivity (Wildman–Crippen MR) is 78.7 cm³/mol. The van der Waals surface area contributed by atoms with Gasteiger partial charge in [-0.2, -0.15) is 0 Å². The van der Waals surface area contributed by atoms with E-state index >= 15 is 0 Å². The van der Waals surface area contributed by atoms with Gasteiger partial charge in [0.1, 0.15) is 14.7 Å². The molecule has 0 radical (unpaired) electrons. The van der Waals surface area contributed by atoms with Crippen molar-refractivity contribution >= 4 is 47.4 Å². The first-order valence-corrected chi connectivity index (χ1v) is 9.96. The molecule has 1 aromatic rings. The molecule has 0 atom stereocenters. The average Bonchev–Trinajstić information content (AvgIpc) is 2.22. The van der Waals surface area contributed by atoms with Crippen LogP contribution in [0, 0.1) is 0 Å². The first kappa shape index (κ1) is 16.9. The second kappa shape index (κ2) is 6.53. The molecule has 0 saturated heterocycles. The van der Waals surface area contributed by atoms with Crippen LogP contribution in [0.2, 0.25) is 5.02 Å². The first-order valence-electron chi connectivity index (χ1n) is 5.24. The zero-order valence-corrected chi connectivity index (χ0v) is 14.0. The Balaban J connectivity index is 2.71. The molecule has 5 nitrogen and oxygen atoms in total. The zero-order valence-electron chi connectivity index (χ0n) is 10.1. The molecule has 0 bridgehead atoms. The highest BCUT2D eigenvalue weighted by molar-refractivity contribution is 9.10. The van der Waals surface area contributed by atoms with E-state index in [1.54, 1.807) is 6.07 Å². The maximum atomic E-state index is 11.9. The molecule has 0 aliphatic carbocycles. The number of halogens is 2. The van der Waals surface area contributed by atoms with Crippen LogP contribution in [0.4, 0.5) is 0 Å². The van der Waals surface area contributed by atoms with E-state index in [1.807, 2.05) is 0 Å². The van der Waals surface area contributed by atoms with Gasteiger partial charge in [-0.15, -0.1) is 0 Å². The Morgan fingerprint density at radius 1 is 1.26 bits per heavy atom. The molecule has 19 heavy (non-hydrogen) atoms. The minimum absolute atomic E-state index is 0.0308. The Hall–Kier alpha value is -0.150. The topological polar surface area (TPSA) is 80.3 Å². The van der Waals surface area contributed by atoms with E-state index in [0.717, 1.165) is 6.26 Å². The summed E-state index contributed by atoms with van der Waals surface area (Å²) in [4.78, 5) is -0.0308. The molecular weight excluding hydrogens is 378 g/mol. The van der Waals surface area contributed by atoms with Gasteiger partial charge in [-0.25, -0.2) is 21.6 Å². The summed E-state index contributed by atoms with van der Waals surface area (Å²) in [6, 6.07) is 4.43. The molecule has 0 fully saturated rings. The molecule has 1 aromatic carbocycles. The largest absolute Gasteiger partial charge is 0.242 e. The lowest BCUT2D eigenvalue weighted by atomic mass is 10.4. The predicted octanol–water partition coefficient (Wildman–Crippen LogP) is 1.82. The average molecular weight is 391 g/mol. The van der Waals surface area contributed by atoms with E-state index in [2.05, 4.69) is 20.7 Å². The van der Waals surface area contributed by atoms with E-state index in [0.29, 0.717) is 4.47 Å². The second-order valence-corrected chi connectivity index (χ2v) is 9.27. The Labute approximate surface area is 126 Å². The first-order chi connectivity index (χ1) is 8.62. The van der Waals surface area contributed by atoms with Crippen LogP contribution in [-0.2, 0) is 19.9 Å². The molecule has 0 aliphatic rings. The van der Waals surface area contributed by atoms with Gasteiger partial charge in [-0.1, -0.05) is 27.5 Å². The molecule has 0 heterocycles. The van der Waals surface area contributed by atoms with Gasteiger partial charge in [0.25, 0.3) is 0 Å². The van der Waals surface area contributed by atoms with E-state index in [4.69, 9.17) is 11.6 Å². The number of hydrogen-bond donors (Lipinski definition) is 1. The molecule has 9 heteroatoms. The summed E-state index contributed by atoms with van der Waals surface area (Å²) in [6.45, 7) is 0.0434. The summed E-state index contributed by atoms with van der Waals surface area (Å²) in [6.07, 6.45) is 1.32. The van der Waals surface area contributed by atoms with Gasteiger partial charge < -0.3 is 0 Å². The number of rotatable bonds is 6. The van der Waals surface area contributed by atoms with Gasteiger partial charge in [0.05, 0.1) is 10.8 Å². The lowest BCUT2D eigenvalue weighted by molar-refractivity contribution is 0.577. The number of benzene rings is 1. The molecule has 0 aliphatic heterocycles. The van der Waals surface area contributed by atoms with Crippen LogP contribution in [-0.4, -0.2) is 35.4 Å². The quantitative estimate of drug-likeness (QED) is 0.751. The molecule has 0 spiro atoms. The third kappa shape index (κ3) is 5.78. The molecule has 0 unspecified atom stereocenters. The number of sulfonamides is 1. The van der Waals surface area contributed by atoms with Crippen LogP contribution in [0.3, 0.4) is 0 Å². The Morgan fingerprint density at radius 3 is 2.42 bits per heavy atom. The van der Waals surface area contributed by atoms with Gasteiger partial charge in [-0.05, 0) is 24.6 Å². The Kier molecular flexibility index (Phi) is 5.81. The van der Waals surface area contributed by atoms with Crippen molar-refractivity contribution in [2.45, 2.75) is 11.3 Å².